The van der Waals surface area contributed by atoms with E-state index in [-0.39, 0.29) is 11.3 Å². The van der Waals surface area contributed by atoms with Gasteiger partial charge in [0.25, 0.3) is 5.91 Å². The number of nitrogens with zero attached hydrogens (tertiary/aromatic N) is 2. The lowest BCUT2D eigenvalue weighted by atomic mass is 9.93. The van der Waals surface area contributed by atoms with Crippen LogP contribution in [0, 0.1) is 5.41 Å². The molecule has 0 aliphatic heterocycles. The molecule has 0 spiro atoms. The maximum Gasteiger partial charge on any atom is 0.269 e. The number of nitrogens with two attached hydrogens (primary N) is 1. The molecule has 3 N–H and O–H groups in total. The molecule has 0 bridgehead atoms. The minimum atomic E-state index is -0.385. The highest BCUT2D eigenvalue weighted by Gasteiger charge is 2.22. The molecule has 1 amide bonds. The van der Waals surface area contributed by atoms with E-state index in [1.165, 1.54) is 6.20 Å². The van der Waals surface area contributed by atoms with E-state index >= 15 is 0 Å². The minimum absolute atomic E-state index is 0.177. The predicted octanol–water partition coefficient (Wildman–Crippen LogP) is 0.462. The summed E-state index contributed by atoms with van der Waals surface area (Å²) in [4.78, 5) is 16.0. The average molecular weight is 240 g/mol. The van der Waals surface area contributed by atoms with Gasteiger partial charge in [-0.15, -0.1) is 0 Å². The van der Waals surface area contributed by atoms with Crippen molar-refractivity contribution in [2.75, 3.05) is 6.54 Å². The highest BCUT2D eigenvalue weighted by atomic mass is 32.1. The molecule has 0 aromatic carbocycles. The van der Waals surface area contributed by atoms with Crippen LogP contribution in [0.3, 0.4) is 0 Å². The Balaban J connectivity index is 2.61. The molecule has 0 unspecified atom stereocenters. The number of thiocarbonyl (C=S) groups is 1. The van der Waals surface area contributed by atoms with E-state index in [1.54, 1.807) is 17.9 Å². The average Bonchev–Trinajstić information content (AvgIpc) is 2.61. The van der Waals surface area contributed by atoms with E-state index in [0.717, 1.165) is 0 Å². The zero-order valence-electron chi connectivity index (χ0n) is 9.65. The van der Waals surface area contributed by atoms with Gasteiger partial charge in [-0.05, 0) is 0 Å². The Hall–Kier alpha value is -1.43. The summed E-state index contributed by atoms with van der Waals surface area (Å²) in [5.41, 5.74) is 5.70. The Labute approximate surface area is 100 Å². The Morgan fingerprint density at radius 2 is 2.31 bits per heavy atom. The topological polar surface area (TPSA) is 72.9 Å². The summed E-state index contributed by atoms with van der Waals surface area (Å²) in [6.45, 7) is 4.18. The van der Waals surface area contributed by atoms with Crippen LogP contribution in [0.2, 0.25) is 0 Å². The van der Waals surface area contributed by atoms with E-state index in [4.69, 9.17) is 18.0 Å². The smallest absolute Gasteiger partial charge is 0.269 e. The van der Waals surface area contributed by atoms with Crippen LogP contribution in [0.15, 0.2) is 12.5 Å². The molecule has 1 aromatic rings. The predicted molar refractivity (Wildman–Crippen MR) is 66.1 cm³/mol. The molecule has 0 saturated carbocycles. The minimum Gasteiger partial charge on any atom is -0.393 e. The van der Waals surface area contributed by atoms with Crippen LogP contribution >= 0.6 is 12.2 Å². The summed E-state index contributed by atoms with van der Waals surface area (Å²) in [5.74, 6) is -0.177. The normalized spacial score (nSPS) is 11.2. The molecule has 0 aliphatic carbocycles. The van der Waals surface area contributed by atoms with Gasteiger partial charge in [-0.25, -0.2) is 4.98 Å². The lowest BCUT2D eigenvalue weighted by molar-refractivity contribution is 0.0937. The van der Waals surface area contributed by atoms with Gasteiger partial charge >= 0.3 is 0 Å². The van der Waals surface area contributed by atoms with Gasteiger partial charge in [0.2, 0.25) is 0 Å². The van der Waals surface area contributed by atoms with Crippen LogP contribution in [0.5, 0.6) is 0 Å². The molecule has 16 heavy (non-hydrogen) atoms. The molecule has 1 heterocycles. The second-order valence-electron chi connectivity index (χ2n) is 4.32. The molecular weight excluding hydrogens is 224 g/mol. The summed E-state index contributed by atoms with van der Waals surface area (Å²) >= 11 is 4.92. The van der Waals surface area contributed by atoms with Gasteiger partial charge < -0.3 is 15.6 Å². The summed E-state index contributed by atoms with van der Waals surface area (Å²) in [7, 11) is 1.76. The number of hydrogen-bond donors (Lipinski definition) is 2. The number of hydrogen-bond acceptors (Lipinski definition) is 3. The van der Waals surface area contributed by atoms with Crippen molar-refractivity contribution < 1.29 is 4.79 Å². The van der Waals surface area contributed by atoms with Crippen LogP contribution in [0.25, 0.3) is 0 Å². The molecule has 0 radical (unpaired) electrons. The first-order valence-electron chi connectivity index (χ1n) is 4.89. The van der Waals surface area contributed by atoms with Gasteiger partial charge in [-0.1, -0.05) is 26.1 Å². The van der Waals surface area contributed by atoms with E-state index in [2.05, 4.69) is 10.3 Å². The van der Waals surface area contributed by atoms with Crippen molar-refractivity contribution in [3.8, 4) is 0 Å². The number of amides is 1. The largest absolute Gasteiger partial charge is 0.393 e. The molecular formula is C10H16N4OS. The molecule has 6 heteroatoms. The Morgan fingerprint density at radius 3 is 2.75 bits per heavy atom. The maximum absolute atomic E-state index is 11.7. The van der Waals surface area contributed by atoms with Crippen molar-refractivity contribution in [3.63, 3.8) is 0 Å². The highest BCUT2D eigenvalue weighted by molar-refractivity contribution is 7.80. The van der Waals surface area contributed by atoms with Crippen LogP contribution in [-0.2, 0) is 7.05 Å². The van der Waals surface area contributed by atoms with Crippen molar-refractivity contribution in [1.82, 2.24) is 14.9 Å². The van der Waals surface area contributed by atoms with Crippen molar-refractivity contribution in [3.05, 3.63) is 18.2 Å². The third-order valence-corrected chi connectivity index (χ3v) is 2.96. The summed E-state index contributed by atoms with van der Waals surface area (Å²) in [6, 6.07) is 0. The molecule has 0 aliphatic rings. The second kappa shape index (κ2) is 4.61. The molecule has 0 saturated heterocycles. The van der Waals surface area contributed by atoms with Gasteiger partial charge in [0.1, 0.15) is 5.69 Å². The van der Waals surface area contributed by atoms with E-state index in [9.17, 15) is 4.79 Å². The number of rotatable bonds is 4. The SMILES string of the molecule is Cn1cncc1C(=O)NCC(C)(C)C(N)=S. The maximum atomic E-state index is 11.7. The fourth-order valence-corrected chi connectivity index (χ4v) is 1.13. The van der Waals surface area contributed by atoms with Crippen molar-refractivity contribution in [2.45, 2.75) is 13.8 Å². The van der Waals surface area contributed by atoms with Gasteiger partial charge in [0, 0.05) is 19.0 Å². The Morgan fingerprint density at radius 1 is 1.69 bits per heavy atom. The van der Waals surface area contributed by atoms with Crippen molar-refractivity contribution in [1.29, 1.82) is 0 Å². The third-order valence-electron chi connectivity index (χ3n) is 2.41. The van der Waals surface area contributed by atoms with Gasteiger partial charge in [-0.3, -0.25) is 4.79 Å². The van der Waals surface area contributed by atoms with Crippen LogP contribution in [0.1, 0.15) is 24.3 Å². The van der Waals surface area contributed by atoms with Crippen LogP contribution < -0.4 is 11.1 Å². The first-order chi connectivity index (χ1) is 7.34. The van der Waals surface area contributed by atoms with Gasteiger partial charge in [0.15, 0.2) is 0 Å². The lowest BCUT2D eigenvalue weighted by Crippen LogP contribution is -2.41. The molecule has 0 atom stereocenters. The molecule has 5 nitrogen and oxygen atoms in total. The van der Waals surface area contributed by atoms with E-state index < -0.39 is 0 Å². The summed E-state index contributed by atoms with van der Waals surface area (Å²) in [5, 5.41) is 2.78. The zero-order chi connectivity index (χ0) is 12.3. The third kappa shape index (κ3) is 2.79. The fraction of sp³-hybridized carbons (Fsp3) is 0.500. The quantitative estimate of drug-likeness (QED) is 0.750. The monoisotopic (exact) mass is 240 g/mol. The van der Waals surface area contributed by atoms with Crippen LogP contribution in [-0.4, -0.2) is 27.0 Å². The first-order valence-corrected chi connectivity index (χ1v) is 5.30. The van der Waals surface area contributed by atoms with Crippen molar-refractivity contribution in [2.24, 2.45) is 18.2 Å². The molecule has 88 valence electrons. The lowest BCUT2D eigenvalue weighted by Gasteiger charge is -2.23. The fourth-order valence-electron chi connectivity index (χ4n) is 1.05. The Bertz CT molecular complexity index is 411. The molecule has 0 fully saturated rings. The number of imidazole rings is 1. The number of nitrogens with one attached hydrogen (secondary N) is 1. The van der Waals surface area contributed by atoms with Crippen molar-refractivity contribution >= 4 is 23.1 Å². The first kappa shape index (κ1) is 12.6. The van der Waals surface area contributed by atoms with E-state index in [1.807, 2.05) is 13.8 Å². The number of aromatic nitrogens is 2. The molecule has 1 aromatic heterocycles. The van der Waals surface area contributed by atoms with Gasteiger partial charge in [-0.2, -0.15) is 0 Å². The van der Waals surface area contributed by atoms with Crippen LogP contribution in [0.4, 0.5) is 0 Å². The molecule has 1 rings (SSSR count). The van der Waals surface area contributed by atoms with Gasteiger partial charge in [0.05, 0.1) is 17.5 Å². The van der Waals surface area contributed by atoms with E-state index in [0.29, 0.717) is 17.2 Å². The highest BCUT2D eigenvalue weighted by Crippen LogP contribution is 2.13. The number of carbonyl (C=O) groups is 1. The summed E-state index contributed by atoms with van der Waals surface area (Å²) in [6.07, 6.45) is 3.09. The number of carbonyl (C=O) groups excluding carboxylic acids is 1. The second-order valence-corrected chi connectivity index (χ2v) is 4.76. The standard InChI is InChI=1S/C10H16N4OS/c1-10(2,9(11)16)5-13-8(15)7-4-12-6-14(7)3/h4,6H,5H2,1-3H3,(H2,11,16)(H,13,15). The summed E-state index contributed by atoms with van der Waals surface area (Å²) < 4.78 is 1.66. The Kier molecular flexibility index (Phi) is 3.64. The number of aryl methyl sites for hydroxylation is 1. The zero-order valence-corrected chi connectivity index (χ0v) is 10.5.